The Kier molecular flexibility index (Phi) is 4.77. The molecule has 0 atom stereocenters. The number of nitrogens with one attached hydrogen (secondary N) is 2. The topological polar surface area (TPSA) is 92.7 Å². The molecule has 3 rings (SSSR count). The minimum atomic E-state index is -3.78. The molecule has 0 aliphatic rings. The van der Waals surface area contributed by atoms with Crippen LogP contribution in [0, 0.1) is 13.8 Å². The number of halogens is 2. The van der Waals surface area contributed by atoms with E-state index in [-0.39, 0.29) is 10.7 Å². The average molecular weight is 400 g/mol. The molecule has 7 nitrogen and oxygen atoms in total. The highest BCUT2D eigenvalue weighted by Gasteiger charge is 2.23. The Balaban J connectivity index is 1.83. The van der Waals surface area contributed by atoms with Gasteiger partial charge in [0.15, 0.2) is 5.82 Å². The van der Waals surface area contributed by atoms with Crippen molar-refractivity contribution >= 4 is 39.0 Å². The molecule has 0 aliphatic carbocycles. The average Bonchev–Trinajstić information content (AvgIpc) is 3.09. The monoisotopic (exact) mass is 399 g/mol. The number of aromatic nitrogens is 4. The zero-order valence-corrected chi connectivity index (χ0v) is 15.7. The summed E-state index contributed by atoms with van der Waals surface area (Å²) in [6, 6.07) is 6.79. The minimum Gasteiger partial charge on any atom is -0.281 e. The fourth-order valence-electron chi connectivity index (χ4n) is 2.47. The van der Waals surface area contributed by atoms with Gasteiger partial charge in [0.05, 0.1) is 17.9 Å². The SMILES string of the molecule is Cc1n[nH]c(C)c1S(=O)(=O)Nc1ccn(Cc2c(Cl)cccc2Cl)n1. The van der Waals surface area contributed by atoms with Gasteiger partial charge in [-0.1, -0.05) is 29.3 Å². The molecule has 0 spiro atoms. The van der Waals surface area contributed by atoms with Crippen molar-refractivity contribution in [1.29, 1.82) is 0 Å². The number of anilines is 1. The van der Waals surface area contributed by atoms with Crippen molar-refractivity contribution in [2.24, 2.45) is 0 Å². The van der Waals surface area contributed by atoms with Crippen molar-refractivity contribution < 1.29 is 8.42 Å². The third-order valence-corrected chi connectivity index (χ3v) is 5.92. The molecule has 0 saturated heterocycles. The standard InChI is InChI=1S/C15H15Cl2N5O2S/c1-9-15(10(2)19-18-9)25(23,24)21-14-6-7-22(20-14)8-11-12(16)4-3-5-13(11)17/h3-7H,8H2,1-2H3,(H,18,19)(H,20,21). The molecule has 0 saturated carbocycles. The molecule has 2 N–H and O–H groups in total. The van der Waals surface area contributed by atoms with Gasteiger partial charge in [0, 0.05) is 27.9 Å². The summed E-state index contributed by atoms with van der Waals surface area (Å²) in [5.74, 6) is 0.197. The Bertz CT molecular complexity index is 987. The van der Waals surface area contributed by atoms with Crippen LogP contribution in [-0.4, -0.2) is 28.4 Å². The van der Waals surface area contributed by atoms with E-state index in [1.54, 1.807) is 49.0 Å². The highest BCUT2D eigenvalue weighted by molar-refractivity contribution is 7.92. The van der Waals surface area contributed by atoms with Gasteiger partial charge in [-0.15, -0.1) is 0 Å². The summed E-state index contributed by atoms with van der Waals surface area (Å²) in [5, 5.41) is 11.8. The Hall–Kier alpha value is -2.03. The lowest BCUT2D eigenvalue weighted by Gasteiger charge is -2.07. The Morgan fingerprint density at radius 3 is 2.48 bits per heavy atom. The first-order chi connectivity index (χ1) is 11.8. The summed E-state index contributed by atoms with van der Waals surface area (Å²) < 4.78 is 29.0. The lowest BCUT2D eigenvalue weighted by Crippen LogP contribution is -2.15. The summed E-state index contributed by atoms with van der Waals surface area (Å²) in [6.45, 7) is 3.59. The number of aryl methyl sites for hydroxylation is 2. The molecule has 132 valence electrons. The van der Waals surface area contributed by atoms with Gasteiger partial charge in [-0.3, -0.25) is 14.5 Å². The predicted molar refractivity (Wildman–Crippen MR) is 96.7 cm³/mol. The van der Waals surface area contributed by atoms with Crippen LogP contribution in [0.4, 0.5) is 5.82 Å². The second-order valence-electron chi connectivity index (χ2n) is 5.47. The highest BCUT2D eigenvalue weighted by atomic mass is 35.5. The third kappa shape index (κ3) is 3.65. The molecule has 25 heavy (non-hydrogen) atoms. The van der Waals surface area contributed by atoms with E-state index in [1.165, 1.54) is 0 Å². The zero-order valence-electron chi connectivity index (χ0n) is 13.4. The smallest absolute Gasteiger partial charge is 0.266 e. The second-order valence-corrected chi connectivity index (χ2v) is 7.90. The molecule has 0 fully saturated rings. The maximum Gasteiger partial charge on any atom is 0.266 e. The van der Waals surface area contributed by atoms with E-state index in [0.717, 1.165) is 0 Å². The van der Waals surface area contributed by atoms with Crippen molar-refractivity contribution in [3.05, 3.63) is 57.5 Å². The van der Waals surface area contributed by atoms with Gasteiger partial charge in [0.2, 0.25) is 0 Å². The van der Waals surface area contributed by atoms with Gasteiger partial charge in [-0.25, -0.2) is 8.42 Å². The largest absolute Gasteiger partial charge is 0.281 e. The summed E-state index contributed by atoms with van der Waals surface area (Å²) >= 11 is 12.3. The summed E-state index contributed by atoms with van der Waals surface area (Å²) in [5.41, 5.74) is 1.57. The molecule has 10 heteroatoms. The van der Waals surface area contributed by atoms with Crippen molar-refractivity contribution in [3.8, 4) is 0 Å². The van der Waals surface area contributed by atoms with Gasteiger partial charge in [0.25, 0.3) is 10.0 Å². The normalized spacial score (nSPS) is 11.7. The molecule has 0 unspecified atom stereocenters. The quantitative estimate of drug-likeness (QED) is 0.687. The maximum atomic E-state index is 12.5. The fourth-order valence-corrected chi connectivity index (χ4v) is 4.36. The van der Waals surface area contributed by atoms with E-state index in [0.29, 0.717) is 33.5 Å². The first-order valence-corrected chi connectivity index (χ1v) is 9.52. The number of sulfonamides is 1. The Morgan fingerprint density at radius 1 is 1.20 bits per heavy atom. The zero-order chi connectivity index (χ0) is 18.2. The van der Waals surface area contributed by atoms with Crippen LogP contribution in [0.3, 0.4) is 0 Å². The molecule has 0 bridgehead atoms. The molecule has 0 aliphatic heterocycles. The Labute approximate surface area is 155 Å². The van der Waals surface area contributed by atoms with Gasteiger partial charge in [-0.05, 0) is 26.0 Å². The van der Waals surface area contributed by atoms with Crippen LogP contribution in [0.25, 0.3) is 0 Å². The summed E-state index contributed by atoms with van der Waals surface area (Å²) in [7, 11) is -3.78. The van der Waals surface area contributed by atoms with Gasteiger partial charge >= 0.3 is 0 Å². The number of benzene rings is 1. The van der Waals surface area contributed by atoms with E-state index in [1.807, 2.05) is 0 Å². The molecule has 1 aromatic carbocycles. The van der Waals surface area contributed by atoms with E-state index in [9.17, 15) is 8.42 Å². The number of hydrogen-bond donors (Lipinski definition) is 2. The summed E-state index contributed by atoms with van der Waals surface area (Å²) in [4.78, 5) is 0.121. The molecule has 0 radical (unpaired) electrons. The molecule has 2 aromatic heterocycles. The number of rotatable bonds is 5. The van der Waals surface area contributed by atoms with Crippen molar-refractivity contribution in [1.82, 2.24) is 20.0 Å². The van der Waals surface area contributed by atoms with E-state index in [4.69, 9.17) is 23.2 Å². The van der Waals surface area contributed by atoms with Crippen LogP contribution in [-0.2, 0) is 16.6 Å². The number of hydrogen-bond acceptors (Lipinski definition) is 4. The minimum absolute atomic E-state index is 0.121. The lowest BCUT2D eigenvalue weighted by atomic mass is 10.2. The van der Waals surface area contributed by atoms with Crippen LogP contribution < -0.4 is 4.72 Å². The van der Waals surface area contributed by atoms with Crippen LogP contribution in [0.1, 0.15) is 17.0 Å². The molecule has 0 amide bonds. The fraction of sp³-hybridized carbons (Fsp3) is 0.200. The van der Waals surface area contributed by atoms with Crippen molar-refractivity contribution in [2.45, 2.75) is 25.3 Å². The van der Waals surface area contributed by atoms with E-state index < -0.39 is 10.0 Å². The molecular formula is C15H15Cl2N5O2S. The molecule has 3 aromatic rings. The molecular weight excluding hydrogens is 385 g/mol. The van der Waals surface area contributed by atoms with Crippen LogP contribution in [0.15, 0.2) is 35.4 Å². The van der Waals surface area contributed by atoms with Crippen molar-refractivity contribution in [3.63, 3.8) is 0 Å². The predicted octanol–water partition coefficient (Wildman–Crippen LogP) is 3.38. The van der Waals surface area contributed by atoms with Crippen LogP contribution in [0.5, 0.6) is 0 Å². The van der Waals surface area contributed by atoms with Crippen molar-refractivity contribution in [2.75, 3.05) is 4.72 Å². The second kappa shape index (κ2) is 6.70. The van der Waals surface area contributed by atoms with Gasteiger partial charge < -0.3 is 0 Å². The number of H-pyrrole nitrogens is 1. The lowest BCUT2D eigenvalue weighted by molar-refractivity contribution is 0.599. The maximum absolute atomic E-state index is 12.5. The van der Waals surface area contributed by atoms with Gasteiger partial charge in [0.1, 0.15) is 4.90 Å². The number of aromatic amines is 1. The highest BCUT2D eigenvalue weighted by Crippen LogP contribution is 2.25. The van der Waals surface area contributed by atoms with E-state index >= 15 is 0 Å². The molecule has 2 heterocycles. The van der Waals surface area contributed by atoms with E-state index in [2.05, 4.69) is 20.0 Å². The Morgan fingerprint density at radius 2 is 1.88 bits per heavy atom. The van der Waals surface area contributed by atoms with Crippen LogP contribution in [0.2, 0.25) is 10.0 Å². The van der Waals surface area contributed by atoms with Gasteiger partial charge in [-0.2, -0.15) is 10.2 Å². The first kappa shape index (κ1) is 17.8. The van der Waals surface area contributed by atoms with Crippen LogP contribution >= 0.6 is 23.2 Å². The third-order valence-electron chi connectivity index (χ3n) is 3.59. The first-order valence-electron chi connectivity index (χ1n) is 7.28. The summed E-state index contributed by atoms with van der Waals surface area (Å²) in [6.07, 6.45) is 1.65. The number of nitrogens with zero attached hydrogens (tertiary/aromatic N) is 3.